The van der Waals surface area contributed by atoms with Crippen LogP contribution in [0.15, 0.2) is 22.5 Å². The first-order valence-electron chi connectivity index (χ1n) is 9.60. The topological polar surface area (TPSA) is 63.1 Å². The molecule has 1 fully saturated rings. The molecular weight excluding hydrogens is 473 g/mol. The maximum absolute atomic E-state index is 10.6. The summed E-state index contributed by atoms with van der Waals surface area (Å²) >= 11 is 1.56. The number of thiophene rings is 1. The molecule has 2 rings (SSSR count). The lowest BCUT2D eigenvalue weighted by molar-refractivity contribution is 0.0711. The van der Waals surface area contributed by atoms with Crippen molar-refractivity contribution < 1.29 is 5.11 Å². The quantitative estimate of drug-likeness (QED) is 0.285. The number of hydrogen-bond donors (Lipinski definition) is 3. The second kappa shape index (κ2) is 12.2. The van der Waals surface area contributed by atoms with Crippen LogP contribution in [0.2, 0.25) is 0 Å². The molecule has 0 aromatic carbocycles. The zero-order valence-electron chi connectivity index (χ0n) is 17.1. The number of piperazine rings is 1. The Balaban J connectivity index is 0.00000364. The maximum Gasteiger partial charge on any atom is 0.191 e. The molecule has 156 valence electrons. The first-order chi connectivity index (χ1) is 12.4. The third-order valence-electron chi connectivity index (χ3n) is 4.73. The zero-order valence-corrected chi connectivity index (χ0v) is 20.2. The van der Waals surface area contributed by atoms with Gasteiger partial charge in [-0.3, -0.25) is 0 Å². The number of nitrogens with zero attached hydrogens (tertiary/aromatic N) is 3. The first-order valence-corrected chi connectivity index (χ1v) is 10.5. The fourth-order valence-corrected chi connectivity index (χ4v) is 3.82. The molecule has 6 nitrogen and oxygen atoms in total. The Morgan fingerprint density at radius 1 is 1.33 bits per heavy atom. The van der Waals surface area contributed by atoms with Gasteiger partial charge in [0, 0.05) is 50.7 Å². The van der Waals surface area contributed by atoms with Gasteiger partial charge in [-0.2, -0.15) is 0 Å². The Hall–Kier alpha value is -0.420. The Labute approximate surface area is 185 Å². The van der Waals surface area contributed by atoms with Crippen LogP contribution in [0, 0.1) is 5.92 Å². The van der Waals surface area contributed by atoms with E-state index < -0.39 is 5.60 Å². The number of rotatable bonds is 8. The lowest BCUT2D eigenvalue weighted by atomic mass is 10.1. The molecule has 0 spiro atoms. The number of aliphatic imine (C=N–C) groups is 1. The summed E-state index contributed by atoms with van der Waals surface area (Å²) in [5, 5.41) is 19.3. The van der Waals surface area contributed by atoms with Crippen LogP contribution in [-0.4, -0.2) is 80.3 Å². The SMILES string of the molecule is CCNC(=NCC(C)(O)c1cccs1)NCC(C)CN1CCN(C)CC1.I. The van der Waals surface area contributed by atoms with Crippen molar-refractivity contribution in [3.63, 3.8) is 0 Å². The Kier molecular flexibility index (Phi) is 11.1. The van der Waals surface area contributed by atoms with Gasteiger partial charge in [0.2, 0.25) is 0 Å². The van der Waals surface area contributed by atoms with Crippen LogP contribution in [0.4, 0.5) is 0 Å². The van der Waals surface area contributed by atoms with Crippen molar-refractivity contribution >= 4 is 41.3 Å². The van der Waals surface area contributed by atoms with Crippen molar-refractivity contribution in [2.45, 2.75) is 26.4 Å². The second-order valence-electron chi connectivity index (χ2n) is 7.54. The summed E-state index contributed by atoms with van der Waals surface area (Å²) in [5.74, 6) is 1.31. The minimum absolute atomic E-state index is 0. The standard InChI is InChI=1S/C19H35N5OS.HI/c1-5-20-18(22-15-19(3,25)17-7-6-12-26-17)21-13-16(2)14-24-10-8-23(4)9-11-24;/h6-7,12,16,25H,5,8-11,13-15H2,1-4H3,(H2,20,21,22);1H. The minimum atomic E-state index is -0.929. The van der Waals surface area contributed by atoms with Gasteiger partial charge in [0.25, 0.3) is 0 Å². The fourth-order valence-electron chi connectivity index (χ4n) is 3.04. The van der Waals surface area contributed by atoms with Crippen LogP contribution in [0.25, 0.3) is 0 Å². The van der Waals surface area contributed by atoms with Crippen molar-refractivity contribution in [2.75, 3.05) is 59.4 Å². The van der Waals surface area contributed by atoms with E-state index in [1.54, 1.807) is 11.3 Å². The normalized spacial score (nSPS) is 19.8. The highest BCUT2D eigenvalue weighted by molar-refractivity contribution is 14.0. The van der Waals surface area contributed by atoms with Gasteiger partial charge >= 0.3 is 0 Å². The van der Waals surface area contributed by atoms with Crippen molar-refractivity contribution in [3.05, 3.63) is 22.4 Å². The van der Waals surface area contributed by atoms with Gasteiger partial charge in [-0.05, 0) is 38.3 Å². The highest BCUT2D eigenvalue weighted by Gasteiger charge is 2.24. The summed E-state index contributed by atoms with van der Waals surface area (Å²) in [6.45, 7) is 13.9. The Morgan fingerprint density at radius 3 is 2.63 bits per heavy atom. The molecule has 2 atom stereocenters. The van der Waals surface area contributed by atoms with Crippen LogP contribution in [0.3, 0.4) is 0 Å². The van der Waals surface area contributed by atoms with Gasteiger partial charge in [0.15, 0.2) is 5.96 Å². The highest BCUT2D eigenvalue weighted by Crippen LogP contribution is 2.25. The van der Waals surface area contributed by atoms with E-state index in [4.69, 9.17) is 0 Å². The number of hydrogen-bond acceptors (Lipinski definition) is 5. The van der Waals surface area contributed by atoms with Gasteiger partial charge < -0.3 is 25.5 Å². The molecule has 1 aromatic heterocycles. The summed E-state index contributed by atoms with van der Waals surface area (Å²) in [5.41, 5.74) is -0.929. The average molecular weight is 510 g/mol. The molecule has 1 saturated heterocycles. The van der Waals surface area contributed by atoms with Crippen molar-refractivity contribution in [1.29, 1.82) is 0 Å². The number of likely N-dealkylation sites (N-methyl/N-ethyl adjacent to an activating group) is 1. The number of aliphatic hydroxyl groups is 1. The molecule has 1 aliphatic rings. The van der Waals surface area contributed by atoms with Crippen molar-refractivity contribution in [2.24, 2.45) is 10.9 Å². The highest BCUT2D eigenvalue weighted by atomic mass is 127. The summed E-state index contributed by atoms with van der Waals surface area (Å²) in [7, 11) is 2.19. The fraction of sp³-hybridized carbons (Fsp3) is 0.737. The molecule has 3 N–H and O–H groups in total. The predicted octanol–water partition coefficient (Wildman–Crippen LogP) is 2.01. The van der Waals surface area contributed by atoms with Gasteiger partial charge in [-0.25, -0.2) is 4.99 Å². The zero-order chi connectivity index (χ0) is 19.0. The number of nitrogens with one attached hydrogen (secondary N) is 2. The minimum Gasteiger partial charge on any atom is -0.383 e. The maximum atomic E-state index is 10.6. The number of guanidine groups is 1. The van der Waals surface area contributed by atoms with E-state index in [-0.39, 0.29) is 24.0 Å². The van der Waals surface area contributed by atoms with E-state index in [0.29, 0.717) is 12.5 Å². The molecule has 0 radical (unpaired) electrons. The largest absolute Gasteiger partial charge is 0.383 e. The van der Waals surface area contributed by atoms with Gasteiger partial charge in [0.1, 0.15) is 5.60 Å². The van der Waals surface area contributed by atoms with Gasteiger partial charge in [0.05, 0.1) is 6.54 Å². The number of halogens is 1. The summed E-state index contributed by atoms with van der Waals surface area (Å²) < 4.78 is 0. The Bertz CT molecular complexity index is 544. The molecule has 0 saturated carbocycles. The van der Waals surface area contributed by atoms with E-state index in [9.17, 15) is 5.11 Å². The summed E-state index contributed by atoms with van der Waals surface area (Å²) in [6, 6.07) is 3.92. The molecule has 1 aromatic rings. The average Bonchev–Trinajstić information content (AvgIpc) is 3.15. The van der Waals surface area contributed by atoms with E-state index in [1.807, 2.05) is 24.4 Å². The van der Waals surface area contributed by atoms with Crippen LogP contribution in [0.1, 0.15) is 25.6 Å². The van der Waals surface area contributed by atoms with E-state index in [1.165, 1.54) is 0 Å². The smallest absolute Gasteiger partial charge is 0.191 e. The molecule has 0 aliphatic carbocycles. The van der Waals surface area contributed by atoms with Gasteiger partial charge in [-0.15, -0.1) is 35.3 Å². The lowest BCUT2D eigenvalue weighted by Gasteiger charge is -2.34. The van der Waals surface area contributed by atoms with E-state index >= 15 is 0 Å². The molecular formula is C19H36IN5OS. The van der Waals surface area contributed by atoms with Crippen molar-refractivity contribution in [3.8, 4) is 0 Å². The van der Waals surface area contributed by atoms with Gasteiger partial charge in [-0.1, -0.05) is 13.0 Å². The predicted molar refractivity (Wildman–Crippen MR) is 126 cm³/mol. The summed E-state index contributed by atoms with van der Waals surface area (Å²) in [6.07, 6.45) is 0. The summed E-state index contributed by atoms with van der Waals surface area (Å²) in [4.78, 5) is 10.5. The molecule has 2 heterocycles. The molecule has 0 bridgehead atoms. The third kappa shape index (κ3) is 8.64. The van der Waals surface area contributed by atoms with Crippen LogP contribution in [0.5, 0.6) is 0 Å². The van der Waals surface area contributed by atoms with Crippen LogP contribution < -0.4 is 10.6 Å². The molecule has 27 heavy (non-hydrogen) atoms. The molecule has 0 amide bonds. The second-order valence-corrected chi connectivity index (χ2v) is 8.48. The van der Waals surface area contributed by atoms with Crippen LogP contribution >= 0.6 is 35.3 Å². The molecule has 1 aliphatic heterocycles. The van der Waals surface area contributed by atoms with E-state index in [0.717, 1.165) is 56.6 Å². The van der Waals surface area contributed by atoms with Crippen LogP contribution in [-0.2, 0) is 5.60 Å². The van der Waals surface area contributed by atoms with Crippen molar-refractivity contribution in [1.82, 2.24) is 20.4 Å². The monoisotopic (exact) mass is 509 g/mol. The van der Waals surface area contributed by atoms with E-state index in [2.05, 4.69) is 46.3 Å². The third-order valence-corrected chi connectivity index (χ3v) is 5.85. The first kappa shape index (κ1) is 24.6. The molecule has 8 heteroatoms. The Morgan fingerprint density at radius 2 is 2.04 bits per heavy atom. The lowest BCUT2D eigenvalue weighted by Crippen LogP contribution is -2.47. The molecule has 2 unspecified atom stereocenters.